The van der Waals surface area contributed by atoms with Gasteiger partial charge in [0.05, 0.1) is 5.69 Å². The molecule has 0 saturated heterocycles. The lowest BCUT2D eigenvalue weighted by Gasteiger charge is -2.53. The van der Waals surface area contributed by atoms with Gasteiger partial charge in [0.15, 0.2) is 5.78 Å². The third kappa shape index (κ3) is 1.46. The predicted octanol–water partition coefficient (Wildman–Crippen LogP) is 2.85. The predicted molar refractivity (Wildman–Crippen MR) is 70.1 cm³/mol. The summed E-state index contributed by atoms with van der Waals surface area (Å²) in [4.78, 5) is 15.7. The number of anilines is 1. The highest BCUT2D eigenvalue weighted by molar-refractivity contribution is 5.97. The Kier molecular flexibility index (Phi) is 2.14. The highest BCUT2D eigenvalue weighted by atomic mass is 16.1. The van der Waals surface area contributed by atoms with Gasteiger partial charge in [-0.25, -0.2) is 0 Å². The number of nitrogens with one attached hydrogen (secondary N) is 1. The van der Waals surface area contributed by atoms with E-state index in [4.69, 9.17) is 5.73 Å². The van der Waals surface area contributed by atoms with Crippen LogP contribution in [0.15, 0.2) is 12.1 Å². The van der Waals surface area contributed by atoms with Crippen molar-refractivity contribution in [2.24, 2.45) is 29.6 Å². The molecular formula is C15H20N2O. The molecule has 0 atom stereocenters. The van der Waals surface area contributed by atoms with Crippen LogP contribution in [-0.4, -0.2) is 10.8 Å². The van der Waals surface area contributed by atoms with Gasteiger partial charge in [0.1, 0.15) is 5.82 Å². The van der Waals surface area contributed by atoms with Gasteiger partial charge in [-0.3, -0.25) is 4.79 Å². The first-order valence-electron chi connectivity index (χ1n) is 7.19. The molecule has 4 aliphatic rings. The second kappa shape index (κ2) is 3.62. The van der Waals surface area contributed by atoms with Gasteiger partial charge in [-0.2, -0.15) is 0 Å². The van der Waals surface area contributed by atoms with E-state index in [9.17, 15) is 4.79 Å². The summed E-state index contributed by atoms with van der Waals surface area (Å²) < 4.78 is 0. The first-order chi connectivity index (χ1) is 8.70. The van der Waals surface area contributed by atoms with E-state index in [1.165, 1.54) is 32.1 Å². The first-order valence-corrected chi connectivity index (χ1v) is 7.19. The Hall–Kier alpha value is -1.25. The van der Waals surface area contributed by atoms with E-state index >= 15 is 0 Å². The Morgan fingerprint density at radius 3 is 2.17 bits per heavy atom. The monoisotopic (exact) mass is 244 g/mol. The van der Waals surface area contributed by atoms with Crippen molar-refractivity contribution < 1.29 is 4.79 Å². The van der Waals surface area contributed by atoms with Crippen LogP contribution in [0.1, 0.15) is 42.6 Å². The third-order valence-electron chi connectivity index (χ3n) is 5.50. The second-order valence-corrected chi connectivity index (χ2v) is 6.65. The summed E-state index contributed by atoms with van der Waals surface area (Å²) >= 11 is 0. The Morgan fingerprint density at radius 1 is 1.06 bits per heavy atom. The highest BCUT2D eigenvalue weighted by Crippen LogP contribution is 2.57. The van der Waals surface area contributed by atoms with Crippen LogP contribution in [-0.2, 0) is 0 Å². The lowest BCUT2D eigenvalue weighted by atomic mass is 9.51. The van der Waals surface area contributed by atoms with Crippen molar-refractivity contribution in [2.75, 3.05) is 5.73 Å². The normalized spacial score (nSPS) is 41.2. The maximum atomic E-state index is 12.7. The molecule has 5 rings (SSSR count). The Balaban J connectivity index is 1.63. The standard InChI is InChI=1S/C15H20N2O/c16-13-2-1-12(17-13)15(18)14-10-4-8-3-9(6-10)7-11(14)5-8/h1-2,8-11,14,17H,3-7,16H2. The number of H-pyrrole nitrogens is 1. The number of nitrogen functional groups attached to an aromatic ring is 1. The van der Waals surface area contributed by atoms with E-state index in [1.54, 1.807) is 6.07 Å². The fraction of sp³-hybridized carbons (Fsp3) is 0.667. The lowest BCUT2D eigenvalue weighted by molar-refractivity contribution is -0.0252. The maximum Gasteiger partial charge on any atom is 0.182 e. The summed E-state index contributed by atoms with van der Waals surface area (Å²) in [6, 6.07) is 3.64. The quantitative estimate of drug-likeness (QED) is 0.786. The zero-order valence-electron chi connectivity index (χ0n) is 10.6. The minimum atomic E-state index is 0.274. The van der Waals surface area contributed by atoms with Gasteiger partial charge in [-0.15, -0.1) is 0 Å². The zero-order chi connectivity index (χ0) is 12.3. The molecule has 4 bridgehead atoms. The number of Topliss-reactive ketones (excluding diaryl/α,β-unsaturated/α-hetero) is 1. The van der Waals surface area contributed by atoms with E-state index in [1.807, 2.05) is 6.07 Å². The molecule has 18 heavy (non-hydrogen) atoms. The Labute approximate surface area is 107 Å². The lowest BCUT2D eigenvalue weighted by Crippen LogP contribution is -2.48. The molecule has 0 radical (unpaired) electrons. The summed E-state index contributed by atoms with van der Waals surface area (Å²) in [5.74, 6) is 4.34. The van der Waals surface area contributed by atoms with Gasteiger partial charge < -0.3 is 10.7 Å². The molecule has 4 saturated carbocycles. The minimum absolute atomic E-state index is 0.274. The first kappa shape index (κ1) is 10.7. The fourth-order valence-electron chi connectivity index (χ4n) is 5.09. The van der Waals surface area contributed by atoms with Crippen LogP contribution in [0.2, 0.25) is 0 Å². The molecule has 4 fully saturated rings. The summed E-state index contributed by atoms with van der Waals surface area (Å²) in [6.07, 6.45) is 6.60. The van der Waals surface area contributed by atoms with Gasteiger partial charge in [-0.1, -0.05) is 0 Å². The molecule has 1 aromatic rings. The van der Waals surface area contributed by atoms with Gasteiger partial charge in [0.25, 0.3) is 0 Å². The van der Waals surface area contributed by atoms with Crippen LogP contribution in [0.25, 0.3) is 0 Å². The molecule has 0 amide bonds. The number of carbonyl (C=O) groups is 1. The molecule has 96 valence electrons. The number of aromatic nitrogens is 1. The number of rotatable bonds is 2. The number of nitrogens with two attached hydrogens (primary N) is 1. The van der Waals surface area contributed by atoms with Crippen molar-refractivity contribution in [2.45, 2.75) is 32.1 Å². The van der Waals surface area contributed by atoms with Crippen molar-refractivity contribution >= 4 is 11.6 Å². The Morgan fingerprint density at radius 2 is 1.67 bits per heavy atom. The summed E-state index contributed by atoms with van der Waals surface area (Å²) in [6.45, 7) is 0. The van der Waals surface area contributed by atoms with Crippen molar-refractivity contribution in [3.05, 3.63) is 17.8 Å². The van der Waals surface area contributed by atoms with E-state index < -0.39 is 0 Å². The van der Waals surface area contributed by atoms with Crippen LogP contribution in [0.5, 0.6) is 0 Å². The number of aromatic amines is 1. The van der Waals surface area contributed by atoms with Crippen LogP contribution in [0.4, 0.5) is 5.82 Å². The third-order valence-corrected chi connectivity index (χ3v) is 5.50. The van der Waals surface area contributed by atoms with Gasteiger partial charge in [0, 0.05) is 5.92 Å². The van der Waals surface area contributed by atoms with Gasteiger partial charge in [0.2, 0.25) is 0 Å². The van der Waals surface area contributed by atoms with Crippen molar-refractivity contribution in [1.82, 2.24) is 4.98 Å². The molecule has 0 spiro atoms. The second-order valence-electron chi connectivity index (χ2n) is 6.65. The molecule has 0 aliphatic heterocycles. The molecule has 0 aromatic carbocycles. The topological polar surface area (TPSA) is 58.9 Å². The van der Waals surface area contributed by atoms with Crippen molar-refractivity contribution in [3.63, 3.8) is 0 Å². The smallest absolute Gasteiger partial charge is 0.182 e. The number of carbonyl (C=O) groups excluding carboxylic acids is 1. The van der Waals surface area contributed by atoms with Gasteiger partial charge in [-0.05, 0) is 67.9 Å². The Bertz CT molecular complexity index is 462. The SMILES string of the molecule is Nc1ccc(C(=O)C2C3CC4CC(C3)CC2C4)[nH]1. The zero-order valence-corrected chi connectivity index (χ0v) is 10.6. The molecular weight excluding hydrogens is 224 g/mol. The van der Waals surface area contributed by atoms with Crippen molar-refractivity contribution in [1.29, 1.82) is 0 Å². The molecule has 3 nitrogen and oxygen atoms in total. The molecule has 3 heteroatoms. The van der Waals surface area contributed by atoms with E-state index in [0.29, 0.717) is 23.4 Å². The largest absolute Gasteiger partial charge is 0.385 e. The molecule has 3 N–H and O–H groups in total. The number of hydrogen-bond donors (Lipinski definition) is 2. The molecule has 4 aliphatic carbocycles. The summed E-state index contributed by atoms with van der Waals surface area (Å²) in [5.41, 5.74) is 6.41. The molecule has 1 aromatic heterocycles. The van der Waals surface area contributed by atoms with E-state index in [2.05, 4.69) is 4.98 Å². The minimum Gasteiger partial charge on any atom is -0.385 e. The van der Waals surface area contributed by atoms with Gasteiger partial charge >= 0.3 is 0 Å². The van der Waals surface area contributed by atoms with E-state index in [0.717, 1.165) is 17.5 Å². The van der Waals surface area contributed by atoms with Crippen LogP contribution in [0.3, 0.4) is 0 Å². The fourth-order valence-corrected chi connectivity index (χ4v) is 5.09. The highest BCUT2D eigenvalue weighted by Gasteiger charge is 2.50. The maximum absolute atomic E-state index is 12.7. The summed E-state index contributed by atoms with van der Waals surface area (Å²) in [5, 5.41) is 0. The molecule has 0 unspecified atom stereocenters. The average Bonchev–Trinajstić information content (AvgIpc) is 2.74. The van der Waals surface area contributed by atoms with Crippen LogP contribution in [0, 0.1) is 29.6 Å². The molecule has 1 heterocycles. The number of hydrogen-bond acceptors (Lipinski definition) is 2. The van der Waals surface area contributed by atoms with E-state index in [-0.39, 0.29) is 5.92 Å². The van der Waals surface area contributed by atoms with Crippen LogP contribution < -0.4 is 5.73 Å². The van der Waals surface area contributed by atoms with Crippen LogP contribution >= 0.6 is 0 Å². The van der Waals surface area contributed by atoms with Crippen molar-refractivity contribution in [3.8, 4) is 0 Å². The average molecular weight is 244 g/mol. The summed E-state index contributed by atoms with van der Waals surface area (Å²) in [7, 11) is 0. The number of ketones is 1.